The summed E-state index contributed by atoms with van der Waals surface area (Å²) in [7, 11) is 0. The highest BCUT2D eigenvalue weighted by Crippen LogP contribution is 2.32. The summed E-state index contributed by atoms with van der Waals surface area (Å²) < 4.78 is 2.07. The van der Waals surface area contributed by atoms with Crippen molar-refractivity contribution in [2.24, 2.45) is 0 Å². The van der Waals surface area contributed by atoms with Gasteiger partial charge in [0, 0.05) is 15.1 Å². The van der Waals surface area contributed by atoms with Crippen molar-refractivity contribution in [3.63, 3.8) is 0 Å². The molecule has 0 atom stereocenters. The van der Waals surface area contributed by atoms with E-state index in [1.54, 1.807) is 6.20 Å². The maximum absolute atomic E-state index is 5.92. The Labute approximate surface area is 132 Å². The molecule has 2 aromatic heterocycles. The number of hydrogen-bond acceptors (Lipinski definition) is 3. The number of pyridine rings is 1. The lowest BCUT2D eigenvalue weighted by Crippen LogP contribution is -1.95. The predicted molar refractivity (Wildman–Crippen MR) is 78.4 cm³/mol. The minimum atomic E-state index is 0.247. The zero-order chi connectivity index (χ0) is 12.6. The molecular weight excluding hydrogens is 461 g/mol. The average molecular weight is 463 g/mol. The average Bonchev–Trinajstić information content (AvgIpc) is 2.25. The van der Waals surface area contributed by atoms with E-state index >= 15 is 0 Å². The second kappa shape index (κ2) is 5.48. The summed E-state index contributed by atoms with van der Waals surface area (Å²) in [5.41, 5.74) is 0.574. The van der Waals surface area contributed by atoms with Crippen LogP contribution in [0.5, 0.6) is 0 Å². The molecule has 0 saturated carbocycles. The monoisotopic (exact) mass is 459 g/mol. The summed E-state index contributed by atoms with van der Waals surface area (Å²) in [6.07, 6.45) is 1.65. The first-order chi connectivity index (χ1) is 7.99. The Kier molecular flexibility index (Phi) is 4.41. The van der Waals surface area contributed by atoms with Crippen LogP contribution in [0.4, 0.5) is 0 Å². The van der Waals surface area contributed by atoms with Crippen molar-refractivity contribution in [3.8, 4) is 11.5 Å². The van der Waals surface area contributed by atoms with Gasteiger partial charge in [0.05, 0.1) is 4.47 Å². The van der Waals surface area contributed by atoms with Crippen LogP contribution in [0.15, 0.2) is 25.7 Å². The molecule has 2 heterocycles. The van der Waals surface area contributed by atoms with Gasteiger partial charge in [-0.05, 0) is 53.9 Å². The van der Waals surface area contributed by atoms with E-state index in [-0.39, 0.29) is 10.3 Å². The third kappa shape index (κ3) is 2.98. The molecule has 0 aliphatic heterocycles. The Hall–Kier alpha value is 0.250. The molecule has 17 heavy (non-hydrogen) atoms. The second-order valence-corrected chi connectivity index (χ2v) is 6.21. The third-order valence-corrected chi connectivity index (χ3v) is 4.58. The minimum Gasteiger partial charge on any atom is -0.251 e. The van der Waals surface area contributed by atoms with Crippen LogP contribution in [0.1, 0.15) is 0 Å². The normalized spacial score (nSPS) is 10.6. The van der Waals surface area contributed by atoms with Gasteiger partial charge in [0.15, 0.2) is 5.82 Å². The van der Waals surface area contributed by atoms with Gasteiger partial charge in [-0.15, -0.1) is 0 Å². The smallest absolute Gasteiger partial charge is 0.182 e. The molecule has 0 saturated heterocycles. The zero-order valence-corrected chi connectivity index (χ0v) is 14.2. The number of halogens is 5. The second-order valence-electron chi connectivity index (χ2n) is 2.93. The lowest BCUT2D eigenvalue weighted by Gasteiger charge is -2.05. The van der Waals surface area contributed by atoms with Gasteiger partial charge in [-0.25, -0.2) is 9.97 Å². The van der Waals surface area contributed by atoms with E-state index in [0.29, 0.717) is 16.0 Å². The first-order valence-corrected chi connectivity index (χ1v) is 7.32. The van der Waals surface area contributed by atoms with Gasteiger partial charge >= 0.3 is 0 Å². The molecule has 8 heteroatoms. The molecule has 0 spiro atoms. The molecule has 3 nitrogen and oxygen atoms in total. The Bertz CT molecular complexity index is 569. The highest BCUT2D eigenvalue weighted by atomic mass is 79.9. The van der Waals surface area contributed by atoms with Crippen LogP contribution in [0.3, 0.4) is 0 Å². The third-order valence-electron chi connectivity index (χ3n) is 1.79. The molecule has 2 aromatic rings. The Morgan fingerprint density at radius 2 is 1.59 bits per heavy atom. The van der Waals surface area contributed by atoms with Crippen molar-refractivity contribution in [2.75, 3.05) is 0 Å². The van der Waals surface area contributed by atoms with Crippen molar-refractivity contribution in [2.45, 2.75) is 0 Å². The summed E-state index contributed by atoms with van der Waals surface area (Å²) in [5, 5.41) is 0.494. The topological polar surface area (TPSA) is 38.7 Å². The summed E-state index contributed by atoms with van der Waals surface area (Å²) >= 11 is 21.7. The van der Waals surface area contributed by atoms with E-state index in [1.807, 2.05) is 6.07 Å². The lowest BCUT2D eigenvalue weighted by atomic mass is 10.3. The van der Waals surface area contributed by atoms with Gasteiger partial charge in [0.2, 0.25) is 0 Å². The standard InChI is InChI=1S/C9H2Br3Cl2N3/c10-3-1-4(11)6(15-2-3)9-16-7(13)5(12)8(14)17-9/h1-2H. The summed E-state index contributed by atoms with van der Waals surface area (Å²) in [6.45, 7) is 0. The maximum atomic E-state index is 5.92. The fraction of sp³-hybridized carbons (Fsp3) is 0. The van der Waals surface area contributed by atoms with E-state index < -0.39 is 0 Å². The molecule has 0 aliphatic carbocycles. The van der Waals surface area contributed by atoms with Crippen LogP contribution < -0.4 is 0 Å². The summed E-state index contributed by atoms with van der Waals surface area (Å²) in [6, 6.07) is 1.84. The molecular formula is C9H2Br3Cl2N3. The minimum absolute atomic E-state index is 0.247. The van der Waals surface area contributed by atoms with E-state index in [0.717, 1.165) is 8.95 Å². The molecule has 0 aromatic carbocycles. The first-order valence-electron chi connectivity index (χ1n) is 4.19. The van der Waals surface area contributed by atoms with Gasteiger partial charge in [0.25, 0.3) is 0 Å². The molecule has 0 bridgehead atoms. The van der Waals surface area contributed by atoms with Gasteiger partial charge in [-0.3, -0.25) is 4.98 Å². The Balaban J connectivity index is 2.61. The molecule has 2 rings (SSSR count). The van der Waals surface area contributed by atoms with E-state index in [2.05, 4.69) is 62.7 Å². The largest absolute Gasteiger partial charge is 0.251 e. The SMILES string of the molecule is Clc1nc(-c2ncc(Br)cc2Br)nc(Cl)c1Br. The van der Waals surface area contributed by atoms with Crippen LogP contribution >= 0.6 is 71.0 Å². The highest BCUT2D eigenvalue weighted by Gasteiger charge is 2.14. The molecule has 0 unspecified atom stereocenters. The molecule has 0 radical (unpaired) electrons. The van der Waals surface area contributed by atoms with Crippen LogP contribution in [0, 0.1) is 0 Å². The molecule has 0 amide bonds. The number of nitrogens with zero attached hydrogens (tertiary/aromatic N) is 3. The molecule has 0 aliphatic rings. The van der Waals surface area contributed by atoms with Crippen molar-refractivity contribution >= 4 is 71.0 Å². The number of rotatable bonds is 1. The van der Waals surface area contributed by atoms with Crippen LogP contribution in [0.2, 0.25) is 10.3 Å². The fourth-order valence-corrected chi connectivity index (χ4v) is 2.81. The number of hydrogen-bond donors (Lipinski definition) is 0. The van der Waals surface area contributed by atoms with Gasteiger partial charge in [-0.2, -0.15) is 0 Å². The van der Waals surface area contributed by atoms with Gasteiger partial charge < -0.3 is 0 Å². The van der Waals surface area contributed by atoms with Crippen molar-refractivity contribution in [1.82, 2.24) is 15.0 Å². The van der Waals surface area contributed by atoms with Crippen LogP contribution in [-0.2, 0) is 0 Å². The predicted octanol–water partition coefficient (Wildman–Crippen LogP) is 5.13. The summed E-state index contributed by atoms with van der Waals surface area (Å²) in [4.78, 5) is 12.4. The Morgan fingerprint density at radius 3 is 2.12 bits per heavy atom. The molecule has 88 valence electrons. The first kappa shape index (κ1) is 13.7. The highest BCUT2D eigenvalue weighted by molar-refractivity contribution is 9.11. The van der Waals surface area contributed by atoms with E-state index in [9.17, 15) is 0 Å². The quantitative estimate of drug-likeness (QED) is 0.551. The Morgan fingerprint density at radius 1 is 1.00 bits per heavy atom. The van der Waals surface area contributed by atoms with Crippen molar-refractivity contribution < 1.29 is 0 Å². The zero-order valence-electron chi connectivity index (χ0n) is 7.89. The van der Waals surface area contributed by atoms with Gasteiger partial charge in [-0.1, -0.05) is 23.2 Å². The fourth-order valence-electron chi connectivity index (χ4n) is 1.08. The summed E-state index contributed by atoms with van der Waals surface area (Å²) in [5.74, 6) is 0.363. The van der Waals surface area contributed by atoms with E-state index in [4.69, 9.17) is 23.2 Å². The van der Waals surface area contributed by atoms with Crippen molar-refractivity contribution in [1.29, 1.82) is 0 Å². The van der Waals surface area contributed by atoms with Crippen LogP contribution in [0.25, 0.3) is 11.5 Å². The number of aromatic nitrogens is 3. The molecule has 0 fully saturated rings. The molecule has 0 N–H and O–H groups in total. The van der Waals surface area contributed by atoms with Crippen LogP contribution in [-0.4, -0.2) is 15.0 Å². The lowest BCUT2D eigenvalue weighted by molar-refractivity contribution is 1.12. The van der Waals surface area contributed by atoms with Gasteiger partial charge in [0.1, 0.15) is 16.0 Å². The maximum Gasteiger partial charge on any atom is 0.182 e. The van der Waals surface area contributed by atoms with E-state index in [1.165, 1.54) is 0 Å². The van der Waals surface area contributed by atoms with Crippen molar-refractivity contribution in [3.05, 3.63) is 36.0 Å².